The molecule has 98 valence electrons. The number of nitrogens with one attached hydrogen (secondary N) is 1. The summed E-state index contributed by atoms with van der Waals surface area (Å²) >= 11 is 3.49. The van der Waals surface area contributed by atoms with Gasteiger partial charge in [0.2, 0.25) is 0 Å². The summed E-state index contributed by atoms with van der Waals surface area (Å²) in [6, 6.07) is 7.23. The van der Waals surface area contributed by atoms with Crippen LogP contribution in [0.3, 0.4) is 0 Å². The van der Waals surface area contributed by atoms with Gasteiger partial charge in [-0.15, -0.1) is 0 Å². The summed E-state index contributed by atoms with van der Waals surface area (Å²) in [6.07, 6.45) is 1.49. The average Bonchev–Trinajstić information content (AvgIpc) is 2.36. The third-order valence-electron chi connectivity index (χ3n) is 2.65. The number of benzene rings is 1. The minimum Gasteiger partial charge on any atom is -0.384 e. The van der Waals surface area contributed by atoms with Crippen molar-refractivity contribution in [1.82, 2.24) is 4.98 Å². The first kappa shape index (κ1) is 13.4. The molecular formula is C13H13BrN4O. The fraction of sp³-hybridized carbons (Fsp3) is 0.0769. The highest BCUT2D eigenvalue weighted by molar-refractivity contribution is 9.10. The van der Waals surface area contributed by atoms with Crippen LogP contribution in [0.5, 0.6) is 0 Å². The quantitative estimate of drug-likeness (QED) is 0.810. The molecule has 0 saturated heterocycles. The molecule has 19 heavy (non-hydrogen) atoms. The van der Waals surface area contributed by atoms with Crippen LogP contribution in [0.15, 0.2) is 34.9 Å². The molecule has 0 atom stereocenters. The summed E-state index contributed by atoms with van der Waals surface area (Å²) in [7, 11) is 0. The van der Waals surface area contributed by atoms with E-state index in [-0.39, 0.29) is 5.82 Å². The van der Waals surface area contributed by atoms with Crippen molar-refractivity contribution in [3.8, 4) is 0 Å². The lowest BCUT2D eigenvalue weighted by molar-refractivity contribution is 0.100. The lowest BCUT2D eigenvalue weighted by Crippen LogP contribution is -2.14. The number of aryl methyl sites for hydroxylation is 1. The van der Waals surface area contributed by atoms with Gasteiger partial charge in [-0.25, -0.2) is 4.98 Å². The van der Waals surface area contributed by atoms with E-state index in [0.717, 1.165) is 15.7 Å². The number of carbonyl (C=O) groups excluding carboxylic acids is 1. The summed E-state index contributed by atoms with van der Waals surface area (Å²) in [6.45, 7) is 1.98. The molecule has 0 aliphatic rings. The number of hydrogen-bond acceptors (Lipinski definition) is 4. The molecule has 2 rings (SSSR count). The second-order valence-corrected chi connectivity index (χ2v) is 4.87. The van der Waals surface area contributed by atoms with E-state index < -0.39 is 5.91 Å². The van der Waals surface area contributed by atoms with Crippen LogP contribution in [-0.4, -0.2) is 10.9 Å². The first-order valence-electron chi connectivity index (χ1n) is 5.56. The van der Waals surface area contributed by atoms with Crippen molar-refractivity contribution in [3.05, 3.63) is 46.1 Å². The van der Waals surface area contributed by atoms with Gasteiger partial charge >= 0.3 is 0 Å². The van der Waals surface area contributed by atoms with E-state index in [1.54, 1.807) is 0 Å². The van der Waals surface area contributed by atoms with Crippen LogP contribution in [0.25, 0.3) is 0 Å². The maximum atomic E-state index is 11.4. The smallest absolute Gasteiger partial charge is 0.251 e. The minimum absolute atomic E-state index is 0.252. The Morgan fingerprint density at radius 2 is 2.11 bits per heavy atom. The van der Waals surface area contributed by atoms with E-state index in [9.17, 15) is 4.79 Å². The average molecular weight is 321 g/mol. The highest BCUT2D eigenvalue weighted by Crippen LogP contribution is 2.29. The first-order valence-corrected chi connectivity index (χ1v) is 6.36. The number of aromatic nitrogens is 1. The first-order chi connectivity index (χ1) is 8.99. The van der Waals surface area contributed by atoms with Crippen LogP contribution in [0.1, 0.15) is 15.9 Å². The highest BCUT2D eigenvalue weighted by Gasteiger charge is 2.11. The topological polar surface area (TPSA) is 94.0 Å². The van der Waals surface area contributed by atoms with Crippen molar-refractivity contribution in [2.45, 2.75) is 6.92 Å². The van der Waals surface area contributed by atoms with Crippen LogP contribution < -0.4 is 16.8 Å². The normalized spacial score (nSPS) is 10.2. The van der Waals surface area contributed by atoms with E-state index in [0.29, 0.717) is 11.3 Å². The van der Waals surface area contributed by atoms with E-state index in [1.165, 1.54) is 12.3 Å². The Morgan fingerprint density at radius 1 is 1.37 bits per heavy atom. The Labute approximate surface area is 119 Å². The second-order valence-electron chi connectivity index (χ2n) is 4.08. The van der Waals surface area contributed by atoms with Crippen molar-refractivity contribution in [3.63, 3.8) is 0 Å². The molecule has 0 bridgehead atoms. The Bertz CT molecular complexity index is 643. The standard InChI is InChI=1S/C13H13BrN4O/c1-7-3-2-4-9(12(7)14)18-10-6-17-11(15)5-8(10)13(16)19/h2-6,18H,1H3,(H2,15,17)(H2,16,19). The number of carbonyl (C=O) groups is 1. The monoisotopic (exact) mass is 320 g/mol. The van der Waals surface area contributed by atoms with Gasteiger partial charge in [0.05, 0.1) is 23.1 Å². The van der Waals surface area contributed by atoms with Crippen molar-refractivity contribution in [2.75, 3.05) is 11.1 Å². The third-order valence-corrected chi connectivity index (χ3v) is 3.70. The molecule has 1 heterocycles. The third kappa shape index (κ3) is 2.85. The van der Waals surface area contributed by atoms with E-state index in [2.05, 4.69) is 26.2 Å². The van der Waals surface area contributed by atoms with Gasteiger partial charge in [-0.2, -0.15) is 0 Å². The van der Waals surface area contributed by atoms with Crippen LogP contribution in [-0.2, 0) is 0 Å². The zero-order valence-electron chi connectivity index (χ0n) is 10.3. The van der Waals surface area contributed by atoms with Gasteiger partial charge in [-0.3, -0.25) is 4.79 Å². The zero-order chi connectivity index (χ0) is 14.0. The summed E-state index contributed by atoms with van der Waals surface area (Å²) in [4.78, 5) is 15.4. The number of halogens is 1. The fourth-order valence-electron chi connectivity index (χ4n) is 1.66. The maximum Gasteiger partial charge on any atom is 0.251 e. The van der Waals surface area contributed by atoms with Gasteiger partial charge in [0.1, 0.15) is 5.82 Å². The fourth-order valence-corrected chi connectivity index (χ4v) is 2.03. The summed E-state index contributed by atoms with van der Waals surface area (Å²) in [5.74, 6) is -0.303. The molecule has 5 N–H and O–H groups in total. The van der Waals surface area contributed by atoms with Gasteiger partial charge in [0, 0.05) is 4.47 Å². The Balaban J connectivity index is 2.44. The number of nitrogen functional groups attached to an aromatic ring is 1. The van der Waals surface area contributed by atoms with Gasteiger partial charge in [0.25, 0.3) is 5.91 Å². The molecule has 2 aromatic rings. The molecule has 1 aromatic carbocycles. The lowest BCUT2D eigenvalue weighted by atomic mass is 10.2. The zero-order valence-corrected chi connectivity index (χ0v) is 11.9. The predicted molar refractivity (Wildman–Crippen MR) is 79.3 cm³/mol. The van der Waals surface area contributed by atoms with Gasteiger partial charge in [-0.1, -0.05) is 12.1 Å². The largest absolute Gasteiger partial charge is 0.384 e. The summed E-state index contributed by atoms with van der Waals surface area (Å²) in [5.41, 5.74) is 13.6. The Kier molecular flexibility index (Phi) is 3.71. The number of primary amides is 1. The number of amides is 1. The number of hydrogen-bond donors (Lipinski definition) is 3. The molecule has 0 aliphatic heterocycles. The molecule has 0 spiro atoms. The van der Waals surface area contributed by atoms with Crippen molar-refractivity contribution < 1.29 is 4.79 Å². The molecule has 6 heteroatoms. The SMILES string of the molecule is Cc1cccc(Nc2cnc(N)cc2C(N)=O)c1Br. The Hall–Kier alpha value is -2.08. The second kappa shape index (κ2) is 5.27. The maximum absolute atomic E-state index is 11.4. The molecule has 1 aromatic heterocycles. The molecule has 0 saturated carbocycles. The number of pyridine rings is 1. The highest BCUT2D eigenvalue weighted by atomic mass is 79.9. The van der Waals surface area contributed by atoms with Crippen LogP contribution in [0.4, 0.5) is 17.2 Å². The molecular weight excluding hydrogens is 308 g/mol. The summed E-state index contributed by atoms with van der Waals surface area (Å²) < 4.78 is 0.919. The predicted octanol–water partition coefficient (Wildman–Crippen LogP) is 2.58. The van der Waals surface area contributed by atoms with Gasteiger partial charge < -0.3 is 16.8 Å². The van der Waals surface area contributed by atoms with Crippen LogP contribution in [0.2, 0.25) is 0 Å². The molecule has 5 nitrogen and oxygen atoms in total. The number of nitrogens with two attached hydrogens (primary N) is 2. The molecule has 0 fully saturated rings. The van der Waals surface area contributed by atoms with Gasteiger partial charge in [-0.05, 0) is 40.5 Å². The Morgan fingerprint density at radius 3 is 2.79 bits per heavy atom. The molecule has 0 unspecified atom stereocenters. The van der Waals surface area contributed by atoms with Crippen molar-refractivity contribution in [1.29, 1.82) is 0 Å². The number of rotatable bonds is 3. The van der Waals surface area contributed by atoms with E-state index in [4.69, 9.17) is 11.5 Å². The van der Waals surface area contributed by atoms with E-state index >= 15 is 0 Å². The molecule has 0 aliphatic carbocycles. The van der Waals surface area contributed by atoms with E-state index in [1.807, 2.05) is 25.1 Å². The van der Waals surface area contributed by atoms with Crippen LogP contribution in [0, 0.1) is 6.92 Å². The molecule has 1 amide bonds. The summed E-state index contributed by atoms with van der Waals surface area (Å²) in [5, 5.41) is 3.12. The number of anilines is 3. The number of nitrogens with zero attached hydrogens (tertiary/aromatic N) is 1. The van der Waals surface area contributed by atoms with Crippen LogP contribution >= 0.6 is 15.9 Å². The van der Waals surface area contributed by atoms with Crippen molar-refractivity contribution >= 4 is 39.0 Å². The molecule has 0 radical (unpaired) electrons. The van der Waals surface area contributed by atoms with Crippen molar-refractivity contribution in [2.24, 2.45) is 5.73 Å². The van der Waals surface area contributed by atoms with Gasteiger partial charge in [0.15, 0.2) is 0 Å². The minimum atomic E-state index is -0.555. The lowest BCUT2D eigenvalue weighted by Gasteiger charge is -2.12.